The molecule has 3 N–H and O–H groups in total. The van der Waals surface area contributed by atoms with Crippen molar-refractivity contribution in [1.82, 2.24) is 5.32 Å². The average molecular weight is 498 g/mol. The van der Waals surface area contributed by atoms with Crippen molar-refractivity contribution in [3.8, 4) is 0 Å². The van der Waals surface area contributed by atoms with Gasteiger partial charge in [0.25, 0.3) is 0 Å². The van der Waals surface area contributed by atoms with Crippen LogP contribution in [-0.4, -0.2) is 35.4 Å². The standard InChI is InChI=1S/C31H63NO3/c1-4-5-6-7-8-9-10-11-12-13-14-15-16-17-18-19-20-21-22-24-30(35)32-26-23-25-31(2,3)27-29(34)28-33/h29,33-34H,4-28H2,1-3H3,(H,32,35). The summed E-state index contributed by atoms with van der Waals surface area (Å²) in [5.41, 5.74) is -0.0141. The van der Waals surface area contributed by atoms with Gasteiger partial charge in [-0.2, -0.15) is 0 Å². The summed E-state index contributed by atoms with van der Waals surface area (Å²) in [6.07, 6.45) is 28.5. The van der Waals surface area contributed by atoms with Gasteiger partial charge in [0.1, 0.15) is 0 Å². The van der Waals surface area contributed by atoms with E-state index in [1.165, 1.54) is 109 Å². The van der Waals surface area contributed by atoms with Crippen LogP contribution in [0.3, 0.4) is 0 Å². The summed E-state index contributed by atoms with van der Waals surface area (Å²) >= 11 is 0. The molecule has 0 fully saturated rings. The van der Waals surface area contributed by atoms with Crippen molar-refractivity contribution in [2.24, 2.45) is 5.41 Å². The lowest BCUT2D eigenvalue weighted by molar-refractivity contribution is -0.121. The predicted molar refractivity (Wildman–Crippen MR) is 152 cm³/mol. The number of amides is 1. The molecule has 0 rings (SSSR count). The van der Waals surface area contributed by atoms with Crippen LogP contribution in [0.1, 0.15) is 168 Å². The van der Waals surface area contributed by atoms with Crippen LogP contribution in [0, 0.1) is 5.41 Å². The number of unbranched alkanes of at least 4 members (excludes halogenated alkanes) is 18. The number of nitrogens with one attached hydrogen (secondary N) is 1. The fraction of sp³-hybridized carbons (Fsp3) is 0.968. The highest BCUT2D eigenvalue weighted by atomic mass is 16.3. The van der Waals surface area contributed by atoms with Crippen molar-refractivity contribution >= 4 is 5.91 Å². The minimum Gasteiger partial charge on any atom is -0.394 e. The van der Waals surface area contributed by atoms with Gasteiger partial charge >= 0.3 is 0 Å². The molecular weight excluding hydrogens is 434 g/mol. The van der Waals surface area contributed by atoms with Crippen LogP contribution >= 0.6 is 0 Å². The van der Waals surface area contributed by atoms with E-state index in [0.29, 0.717) is 19.4 Å². The Morgan fingerprint density at radius 2 is 1.09 bits per heavy atom. The Labute approximate surface area is 219 Å². The minimum atomic E-state index is -0.644. The number of aliphatic hydroxyl groups is 2. The molecule has 0 aromatic rings. The van der Waals surface area contributed by atoms with Crippen LogP contribution in [-0.2, 0) is 4.79 Å². The Bertz CT molecular complexity index is 453. The summed E-state index contributed by atoms with van der Waals surface area (Å²) < 4.78 is 0. The molecule has 1 amide bonds. The maximum atomic E-state index is 12.0. The maximum absolute atomic E-state index is 12.0. The zero-order valence-corrected chi connectivity index (χ0v) is 24.1. The van der Waals surface area contributed by atoms with Crippen molar-refractivity contribution in [3.63, 3.8) is 0 Å². The van der Waals surface area contributed by atoms with Gasteiger partial charge in [-0.25, -0.2) is 0 Å². The summed E-state index contributed by atoms with van der Waals surface area (Å²) in [5, 5.41) is 21.6. The normalized spacial score (nSPS) is 12.7. The molecule has 0 heterocycles. The van der Waals surface area contributed by atoms with Crippen molar-refractivity contribution in [2.75, 3.05) is 13.2 Å². The second-order valence-electron chi connectivity index (χ2n) is 11.8. The molecule has 0 aromatic heterocycles. The predicted octanol–water partition coefficient (Wildman–Crippen LogP) is 8.47. The zero-order valence-electron chi connectivity index (χ0n) is 24.1. The highest BCUT2D eigenvalue weighted by Gasteiger charge is 2.21. The highest BCUT2D eigenvalue weighted by Crippen LogP contribution is 2.28. The number of rotatable bonds is 27. The van der Waals surface area contributed by atoms with Crippen LogP contribution in [0.25, 0.3) is 0 Å². The van der Waals surface area contributed by atoms with Gasteiger partial charge in [0, 0.05) is 13.0 Å². The molecule has 0 saturated carbocycles. The smallest absolute Gasteiger partial charge is 0.219 e. The maximum Gasteiger partial charge on any atom is 0.219 e. The number of carbonyl (C=O) groups excluding carboxylic acids is 1. The van der Waals surface area contributed by atoms with Gasteiger partial charge in [-0.1, -0.05) is 136 Å². The third kappa shape index (κ3) is 26.3. The van der Waals surface area contributed by atoms with Crippen LogP contribution in [0.15, 0.2) is 0 Å². The lowest BCUT2D eigenvalue weighted by Gasteiger charge is -2.26. The molecule has 0 aliphatic rings. The quantitative estimate of drug-likeness (QED) is 0.0996. The molecular formula is C31H63NO3. The van der Waals surface area contributed by atoms with Crippen molar-refractivity contribution in [1.29, 1.82) is 0 Å². The molecule has 4 nitrogen and oxygen atoms in total. The van der Waals surface area contributed by atoms with Crippen LogP contribution < -0.4 is 5.32 Å². The molecule has 1 unspecified atom stereocenters. The molecule has 0 aliphatic carbocycles. The Balaban J connectivity index is 3.29. The third-order valence-corrected chi connectivity index (χ3v) is 7.36. The van der Waals surface area contributed by atoms with Gasteiger partial charge in [0.05, 0.1) is 12.7 Å². The first-order chi connectivity index (χ1) is 16.9. The van der Waals surface area contributed by atoms with Crippen molar-refractivity contribution < 1.29 is 15.0 Å². The molecule has 0 aromatic carbocycles. The SMILES string of the molecule is CCCCCCCCCCCCCCCCCCCCCC(=O)NCCCC(C)(C)CC(O)CO. The lowest BCUT2D eigenvalue weighted by Crippen LogP contribution is -2.27. The van der Waals surface area contributed by atoms with Crippen molar-refractivity contribution in [2.45, 2.75) is 175 Å². The van der Waals surface area contributed by atoms with E-state index in [1.807, 2.05) is 0 Å². The summed E-state index contributed by atoms with van der Waals surface area (Å²) in [7, 11) is 0. The first kappa shape index (κ1) is 34.4. The monoisotopic (exact) mass is 497 g/mol. The Morgan fingerprint density at radius 3 is 1.49 bits per heavy atom. The lowest BCUT2D eigenvalue weighted by atomic mass is 9.82. The summed E-state index contributed by atoms with van der Waals surface area (Å²) in [6.45, 7) is 7.02. The van der Waals surface area contributed by atoms with Crippen LogP contribution in [0.4, 0.5) is 0 Å². The molecule has 0 aliphatic heterocycles. The van der Waals surface area contributed by atoms with Crippen molar-refractivity contribution in [3.05, 3.63) is 0 Å². The fourth-order valence-electron chi connectivity index (χ4n) is 5.05. The topological polar surface area (TPSA) is 69.6 Å². The molecule has 0 bridgehead atoms. The Hall–Kier alpha value is -0.610. The van der Waals surface area contributed by atoms with E-state index in [1.54, 1.807) is 0 Å². The van der Waals surface area contributed by atoms with E-state index < -0.39 is 6.10 Å². The molecule has 210 valence electrons. The largest absolute Gasteiger partial charge is 0.394 e. The number of hydrogen-bond donors (Lipinski definition) is 3. The average Bonchev–Trinajstić information content (AvgIpc) is 2.83. The number of aliphatic hydroxyl groups excluding tert-OH is 2. The fourth-order valence-corrected chi connectivity index (χ4v) is 5.05. The minimum absolute atomic E-state index is 0.0141. The van der Waals surface area contributed by atoms with Gasteiger partial charge in [0.15, 0.2) is 0 Å². The first-order valence-electron chi connectivity index (χ1n) is 15.5. The molecule has 35 heavy (non-hydrogen) atoms. The van der Waals surface area contributed by atoms with E-state index in [2.05, 4.69) is 26.1 Å². The molecule has 1 atom stereocenters. The van der Waals surface area contributed by atoms with Crippen LogP contribution in [0.5, 0.6) is 0 Å². The highest BCUT2D eigenvalue weighted by molar-refractivity contribution is 5.75. The van der Waals surface area contributed by atoms with Gasteiger partial charge in [-0.05, 0) is 31.1 Å². The molecule has 0 radical (unpaired) electrons. The molecule has 4 heteroatoms. The first-order valence-corrected chi connectivity index (χ1v) is 15.5. The van der Waals surface area contributed by atoms with E-state index in [0.717, 1.165) is 25.7 Å². The van der Waals surface area contributed by atoms with Crippen LogP contribution in [0.2, 0.25) is 0 Å². The second-order valence-corrected chi connectivity index (χ2v) is 11.8. The van der Waals surface area contributed by atoms with E-state index in [4.69, 9.17) is 5.11 Å². The molecule has 0 spiro atoms. The number of carbonyl (C=O) groups is 1. The number of hydrogen-bond acceptors (Lipinski definition) is 3. The van der Waals surface area contributed by atoms with Gasteiger partial charge in [0.2, 0.25) is 5.91 Å². The van der Waals surface area contributed by atoms with E-state index in [-0.39, 0.29) is 17.9 Å². The summed E-state index contributed by atoms with van der Waals surface area (Å²) in [5.74, 6) is 0.171. The molecule has 0 saturated heterocycles. The summed E-state index contributed by atoms with van der Waals surface area (Å²) in [6, 6.07) is 0. The second kappa shape index (κ2) is 25.1. The van der Waals surface area contributed by atoms with E-state index in [9.17, 15) is 9.90 Å². The van der Waals surface area contributed by atoms with Gasteiger partial charge < -0.3 is 15.5 Å². The Morgan fingerprint density at radius 1 is 0.686 bits per heavy atom. The van der Waals surface area contributed by atoms with E-state index >= 15 is 0 Å². The third-order valence-electron chi connectivity index (χ3n) is 7.36. The van der Waals surface area contributed by atoms with Gasteiger partial charge in [-0.3, -0.25) is 4.79 Å². The van der Waals surface area contributed by atoms with Gasteiger partial charge in [-0.15, -0.1) is 0 Å². The zero-order chi connectivity index (χ0) is 26.0. The summed E-state index contributed by atoms with van der Waals surface area (Å²) in [4.78, 5) is 12.0. The Kier molecular flexibility index (Phi) is 24.6.